The Kier molecular flexibility index (Phi) is 6.74. The van der Waals surface area contributed by atoms with Crippen LogP contribution in [0.4, 0.5) is 0 Å². The Morgan fingerprint density at radius 1 is 1.03 bits per heavy atom. The quantitative estimate of drug-likeness (QED) is 0.647. The van der Waals surface area contributed by atoms with Gasteiger partial charge in [0, 0.05) is 51.8 Å². The standard InChI is InChI=1S/C22H30N4O4S/c1-18-16-20(30-23-18)17-24-12-14-25(15-13-24)22(27)9-6-19-4-7-21(8-5-19)31(28,29)26-10-2-3-11-26/h4-5,7-8,16H,2-3,6,9-15,17H2,1H3. The number of aryl methyl sites for hydroxylation is 2. The van der Waals surface area contributed by atoms with Crippen LogP contribution >= 0.6 is 0 Å². The molecule has 0 aliphatic carbocycles. The molecule has 2 aliphatic rings. The fraction of sp³-hybridized carbons (Fsp3) is 0.545. The second-order valence-corrected chi connectivity index (χ2v) is 10.3. The Labute approximate surface area is 183 Å². The molecule has 1 aromatic heterocycles. The molecule has 0 atom stereocenters. The second kappa shape index (κ2) is 9.50. The van der Waals surface area contributed by atoms with Crippen molar-refractivity contribution in [2.45, 2.75) is 44.0 Å². The van der Waals surface area contributed by atoms with Gasteiger partial charge >= 0.3 is 0 Å². The fourth-order valence-corrected chi connectivity index (χ4v) is 5.70. The number of rotatable bonds is 7. The highest BCUT2D eigenvalue weighted by atomic mass is 32.2. The summed E-state index contributed by atoms with van der Waals surface area (Å²) in [5.41, 5.74) is 1.86. The van der Waals surface area contributed by atoms with Crippen LogP contribution in [0.15, 0.2) is 39.8 Å². The van der Waals surface area contributed by atoms with Crippen LogP contribution < -0.4 is 0 Å². The molecule has 0 spiro atoms. The van der Waals surface area contributed by atoms with E-state index in [0.29, 0.717) is 43.9 Å². The summed E-state index contributed by atoms with van der Waals surface area (Å²) < 4.78 is 32.1. The zero-order chi connectivity index (χ0) is 21.8. The lowest BCUT2D eigenvalue weighted by Crippen LogP contribution is -2.48. The largest absolute Gasteiger partial charge is 0.360 e. The molecule has 168 valence electrons. The van der Waals surface area contributed by atoms with Gasteiger partial charge in [-0.1, -0.05) is 17.3 Å². The molecule has 2 aromatic rings. The highest BCUT2D eigenvalue weighted by Gasteiger charge is 2.27. The first-order valence-corrected chi connectivity index (χ1v) is 12.4. The Morgan fingerprint density at radius 2 is 1.71 bits per heavy atom. The van der Waals surface area contributed by atoms with Crippen molar-refractivity contribution in [3.05, 3.63) is 47.3 Å². The third kappa shape index (κ3) is 5.34. The van der Waals surface area contributed by atoms with Gasteiger partial charge in [0.1, 0.15) is 0 Å². The zero-order valence-corrected chi connectivity index (χ0v) is 18.8. The smallest absolute Gasteiger partial charge is 0.243 e. The van der Waals surface area contributed by atoms with Crippen LogP contribution in [0.2, 0.25) is 0 Å². The lowest BCUT2D eigenvalue weighted by atomic mass is 10.1. The van der Waals surface area contributed by atoms with Gasteiger partial charge in [0.2, 0.25) is 15.9 Å². The molecule has 0 N–H and O–H groups in total. The van der Waals surface area contributed by atoms with E-state index in [-0.39, 0.29) is 5.91 Å². The van der Waals surface area contributed by atoms with E-state index >= 15 is 0 Å². The molecular formula is C22H30N4O4S. The Bertz CT molecular complexity index is 989. The van der Waals surface area contributed by atoms with Gasteiger partial charge in [-0.25, -0.2) is 8.42 Å². The average molecular weight is 447 g/mol. The van der Waals surface area contributed by atoms with Crippen LogP contribution in [0.25, 0.3) is 0 Å². The zero-order valence-electron chi connectivity index (χ0n) is 18.0. The number of carbonyl (C=O) groups excluding carboxylic acids is 1. The van der Waals surface area contributed by atoms with E-state index < -0.39 is 10.0 Å². The minimum Gasteiger partial charge on any atom is -0.360 e. The molecule has 9 heteroatoms. The van der Waals surface area contributed by atoms with Gasteiger partial charge in [0.05, 0.1) is 17.1 Å². The lowest BCUT2D eigenvalue weighted by Gasteiger charge is -2.34. The molecule has 0 saturated carbocycles. The van der Waals surface area contributed by atoms with Crippen molar-refractivity contribution in [3.63, 3.8) is 0 Å². The number of amides is 1. The predicted octanol–water partition coefficient (Wildman–Crippen LogP) is 2.04. The number of sulfonamides is 1. The minimum absolute atomic E-state index is 0.143. The molecule has 2 saturated heterocycles. The van der Waals surface area contributed by atoms with Gasteiger partial charge < -0.3 is 9.42 Å². The molecule has 2 fully saturated rings. The Morgan fingerprint density at radius 3 is 2.32 bits per heavy atom. The molecule has 0 radical (unpaired) electrons. The fourth-order valence-electron chi connectivity index (χ4n) is 4.18. The van der Waals surface area contributed by atoms with Crippen molar-refractivity contribution >= 4 is 15.9 Å². The topological polar surface area (TPSA) is 87.0 Å². The monoisotopic (exact) mass is 446 g/mol. The summed E-state index contributed by atoms with van der Waals surface area (Å²) >= 11 is 0. The molecule has 2 aliphatic heterocycles. The summed E-state index contributed by atoms with van der Waals surface area (Å²) in [6.07, 6.45) is 2.89. The summed E-state index contributed by atoms with van der Waals surface area (Å²) in [6, 6.07) is 8.93. The number of hydrogen-bond acceptors (Lipinski definition) is 6. The summed E-state index contributed by atoms with van der Waals surface area (Å²) in [6.45, 7) is 6.87. The molecule has 4 rings (SSSR count). The van der Waals surface area contributed by atoms with E-state index in [1.54, 1.807) is 16.4 Å². The Hall–Kier alpha value is -2.23. The predicted molar refractivity (Wildman–Crippen MR) is 116 cm³/mol. The molecule has 31 heavy (non-hydrogen) atoms. The molecule has 1 aromatic carbocycles. The Balaban J connectivity index is 1.23. The first-order valence-electron chi connectivity index (χ1n) is 10.9. The van der Waals surface area contributed by atoms with Crippen molar-refractivity contribution in [1.82, 2.24) is 19.3 Å². The first-order chi connectivity index (χ1) is 14.9. The summed E-state index contributed by atoms with van der Waals surface area (Å²) in [5.74, 6) is 0.997. The number of benzene rings is 1. The maximum Gasteiger partial charge on any atom is 0.243 e. The summed E-state index contributed by atoms with van der Waals surface area (Å²) in [7, 11) is -3.39. The van der Waals surface area contributed by atoms with E-state index in [0.717, 1.165) is 49.5 Å². The van der Waals surface area contributed by atoms with Crippen molar-refractivity contribution in [1.29, 1.82) is 0 Å². The van der Waals surface area contributed by atoms with Crippen LogP contribution in [-0.4, -0.2) is 72.9 Å². The van der Waals surface area contributed by atoms with Crippen molar-refractivity contribution in [2.75, 3.05) is 39.3 Å². The highest BCUT2D eigenvalue weighted by molar-refractivity contribution is 7.89. The van der Waals surface area contributed by atoms with E-state index in [4.69, 9.17) is 4.52 Å². The van der Waals surface area contributed by atoms with Gasteiger partial charge in [-0.3, -0.25) is 9.69 Å². The van der Waals surface area contributed by atoms with Crippen molar-refractivity contribution < 1.29 is 17.7 Å². The van der Waals surface area contributed by atoms with Crippen molar-refractivity contribution in [2.24, 2.45) is 0 Å². The molecule has 0 unspecified atom stereocenters. The summed E-state index contributed by atoms with van der Waals surface area (Å²) in [5, 5.41) is 3.92. The minimum atomic E-state index is -3.39. The van der Waals surface area contributed by atoms with E-state index in [1.807, 2.05) is 30.0 Å². The number of hydrogen-bond donors (Lipinski definition) is 0. The van der Waals surface area contributed by atoms with Crippen molar-refractivity contribution in [3.8, 4) is 0 Å². The van der Waals surface area contributed by atoms with Gasteiger partial charge in [-0.2, -0.15) is 4.31 Å². The van der Waals surface area contributed by atoms with Crippen LogP contribution in [-0.2, 0) is 27.8 Å². The molecule has 0 bridgehead atoms. The number of carbonyl (C=O) groups is 1. The maximum absolute atomic E-state index is 12.6. The van der Waals surface area contributed by atoms with Crippen LogP contribution in [0.3, 0.4) is 0 Å². The third-order valence-corrected chi connectivity index (χ3v) is 7.95. The molecule has 3 heterocycles. The highest BCUT2D eigenvalue weighted by Crippen LogP contribution is 2.21. The van der Waals surface area contributed by atoms with E-state index in [9.17, 15) is 13.2 Å². The lowest BCUT2D eigenvalue weighted by molar-refractivity contribution is -0.133. The summed E-state index contributed by atoms with van der Waals surface area (Å²) in [4.78, 5) is 17.1. The van der Waals surface area contributed by atoms with Gasteiger partial charge in [-0.15, -0.1) is 0 Å². The number of aromatic nitrogens is 1. The normalized spacial score (nSPS) is 18.5. The average Bonchev–Trinajstić information content (AvgIpc) is 3.45. The number of nitrogens with zero attached hydrogens (tertiary/aromatic N) is 4. The molecular weight excluding hydrogens is 416 g/mol. The van der Waals surface area contributed by atoms with Gasteiger partial charge in [-0.05, 0) is 43.9 Å². The van der Waals surface area contributed by atoms with E-state index in [1.165, 1.54) is 0 Å². The maximum atomic E-state index is 12.6. The SMILES string of the molecule is Cc1cc(CN2CCN(C(=O)CCc3ccc(S(=O)(=O)N4CCCC4)cc3)CC2)on1. The molecule has 8 nitrogen and oxygen atoms in total. The third-order valence-electron chi connectivity index (χ3n) is 6.03. The second-order valence-electron chi connectivity index (χ2n) is 8.35. The van der Waals surface area contributed by atoms with Crippen LogP contribution in [0, 0.1) is 6.92 Å². The first kappa shape index (κ1) is 22.0. The van der Waals surface area contributed by atoms with Crippen LogP contribution in [0.5, 0.6) is 0 Å². The number of piperazine rings is 1. The molecule has 1 amide bonds. The van der Waals surface area contributed by atoms with Crippen LogP contribution in [0.1, 0.15) is 36.3 Å². The van der Waals surface area contributed by atoms with Gasteiger partial charge in [0.15, 0.2) is 5.76 Å². The van der Waals surface area contributed by atoms with E-state index in [2.05, 4.69) is 10.1 Å². The van der Waals surface area contributed by atoms with Gasteiger partial charge in [0.25, 0.3) is 0 Å².